The normalized spacial score (nSPS) is 11.5. The molecule has 0 aliphatic heterocycles. The molecule has 3 aromatic carbocycles. The van der Waals surface area contributed by atoms with Crippen LogP contribution in [-0.2, 0) is 10.1 Å². The minimum Gasteiger partial charge on any atom is -1.00 e. The Bertz CT molecular complexity index is 1150. The first-order valence-electron chi connectivity index (χ1n) is 11.7. The maximum Gasteiger partial charge on any atom is 1.00 e. The van der Waals surface area contributed by atoms with Gasteiger partial charge >= 0.3 is 29.6 Å². The molecule has 0 bridgehead atoms. The van der Waals surface area contributed by atoms with Crippen molar-refractivity contribution in [2.45, 2.75) is 70.1 Å². The number of unbranched alkanes of at least 4 members (excludes halogenated alkanes) is 6. The van der Waals surface area contributed by atoms with Gasteiger partial charge in [0.15, 0.2) is 0 Å². The van der Waals surface area contributed by atoms with Gasteiger partial charge in [0.05, 0.1) is 18.1 Å². The molecule has 0 saturated carbocycles. The molecule has 0 fully saturated rings. The van der Waals surface area contributed by atoms with Gasteiger partial charge in [0.1, 0.15) is 11.5 Å². The Balaban J connectivity index is 0.00000289. The quantitative estimate of drug-likeness (QED) is 0.170. The van der Waals surface area contributed by atoms with Crippen molar-refractivity contribution in [3.63, 3.8) is 0 Å². The summed E-state index contributed by atoms with van der Waals surface area (Å²) in [6.07, 6.45) is 8.72. The molecule has 0 aromatic heterocycles. The van der Waals surface area contributed by atoms with Crippen molar-refractivity contribution >= 4 is 31.7 Å². The smallest absolute Gasteiger partial charge is 1.00 e. The topological polar surface area (TPSA) is 72.8 Å². The summed E-state index contributed by atoms with van der Waals surface area (Å²) in [6.45, 7) is 5.48. The van der Waals surface area contributed by atoms with E-state index in [4.69, 9.17) is 9.47 Å². The zero-order valence-electron chi connectivity index (χ0n) is 21.1. The Labute approximate surface area is 221 Å². The number of benzene rings is 3. The van der Waals surface area contributed by atoms with Crippen LogP contribution < -0.4 is 39.0 Å². The Kier molecular flexibility index (Phi) is 11.5. The fraction of sp³-hybridized carbons (Fsp3) is 0.462. The molecule has 0 unspecified atom stereocenters. The molecule has 0 heterocycles. The van der Waals surface area contributed by atoms with Crippen molar-refractivity contribution in [2.24, 2.45) is 0 Å². The largest absolute Gasteiger partial charge is 1.00 e. The SMILES string of the molecule is CCCCCCOc1c2ccccc2c(OCCCCCC)c2cc(S(=O)(=O)O)ccc12.[H-].[Na+]. The first-order valence-corrected chi connectivity index (χ1v) is 13.1. The predicted molar refractivity (Wildman–Crippen MR) is 132 cm³/mol. The van der Waals surface area contributed by atoms with Crippen molar-refractivity contribution in [1.82, 2.24) is 0 Å². The number of hydrogen-bond donors (Lipinski definition) is 1. The molecule has 0 aliphatic carbocycles. The van der Waals surface area contributed by atoms with Crippen LogP contribution in [-0.4, -0.2) is 26.2 Å². The van der Waals surface area contributed by atoms with Crippen LogP contribution in [0.2, 0.25) is 0 Å². The summed E-state index contributed by atoms with van der Waals surface area (Å²) in [5.41, 5.74) is 0. The van der Waals surface area contributed by atoms with E-state index in [1.54, 1.807) is 6.07 Å². The molecule has 0 atom stereocenters. The number of fused-ring (bicyclic) bond motifs is 2. The molecular weight excluding hydrogens is 447 g/mol. The summed E-state index contributed by atoms with van der Waals surface area (Å²) < 4.78 is 45.7. The monoisotopic (exact) mass is 482 g/mol. The van der Waals surface area contributed by atoms with Gasteiger partial charge in [0.25, 0.3) is 10.1 Å². The molecule has 0 saturated heterocycles. The molecule has 5 nitrogen and oxygen atoms in total. The summed E-state index contributed by atoms with van der Waals surface area (Å²) in [7, 11) is -4.33. The van der Waals surface area contributed by atoms with Crippen molar-refractivity contribution < 1.29 is 53.4 Å². The Morgan fingerprint density at radius 2 is 1.21 bits per heavy atom. The van der Waals surface area contributed by atoms with Gasteiger partial charge in [-0.05, 0) is 31.0 Å². The standard InChI is InChI=1S/C26H34O5S.Na.H/c1-3-5-7-11-17-30-25-21-13-9-10-14-22(21)26(31-18-12-8-6-4-2)24-19-20(32(27,28)29)15-16-23(24)25;;/h9-10,13-16,19H,3-8,11-12,17-18H2,1-2H3,(H,27,28,29);;/q;+1;-1. The van der Waals surface area contributed by atoms with Crippen LogP contribution in [0.3, 0.4) is 0 Å². The fourth-order valence-corrected chi connectivity index (χ4v) is 4.46. The van der Waals surface area contributed by atoms with E-state index in [0.717, 1.165) is 66.9 Å². The van der Waals surface area contributed by atoms with Gasteiger partial charge in [-0.25, -0.2) is 0 Å². The molecule has 0 aliphatic rings. The summed E-state index contributed by atoms with van der Waals surface area (Å²) in [4.78, 5) is -0.148. The molecule has 33 heavy (non-hydrogen) atoms. The maximum absolute atomic E-state index is 11.8. The van der Waals surface area contributed by atoms with Gasteiger partial charge in [-0.2, -0.15) is 8.42 Å². The van der Waals surface area contributed by atoms with E-state index in [-0.39, 0.29) is 35.9 Å². The van der Waals surface area contributed by atoms with Crippen molar-refractivity contribution in [1.29, 1.82) is 0 Å². The van der Waals surface area contributed by atoms with Crippen molar-refractivity contribution in [2.75, 3.05) is 13.2 Å². The summed E-state index contributed by atoms with van der Waals surface area (Å²) >= 11 is 0. The molecule has 1 N–H and O–H groups in total. The predicted octanol–water partition coefficient (Wildman–Crippen LogP) is 4.27. The van der Waals surface area contributed by atoms with Crippen LogP contribution in [0.5, 0.6) is 11.5 Å². The third-order valence-electron chi connectivity index (χ3n) is 5.68. The van der Waals surface area contributed by atoms with E-state index in [1.165, 1.54) is 18.6 Å². The third-order valence-corrected chi connectivity index (χ3v) is 6.53. The minimum absolute atomic E-state index is 0. The summed E-state index contributed by atoms with van der Waals surface area (Å²) in [5.74, 6) is 1.36. The van der Waals surface area contributed by atoms with Crippen LogP contribution in [0, 0.1) is 0 Å². The van der Waals surface area contributed by atoms with Gasteiger partial charge in [-0.1, -0.05) is 76.6 Å². The van der Waals surface area contributed by atoms with Crippen LogP contribution in [0.1, 0.15) is 66.6 Å². The second kappa shape index (κ2) is 13.5. The van der Waals surface area contributed by atoms with Crippen LogP contribution in [0.15, 0.2) is 47.4 Å². The molecule has 7 heteroatoms. The molecule has 0 radical (unpaired) electrons. The maximum atomic E-state index is 11.8. The molecule has 176 valence electrons. The van der Waals surface area contributed by atoms with Crippen molar-refractivity contribution in [3.05, 3.63) is 42.5 Å². The average Bonchev–Trinajstić information content (AvgIpc) is 2.78. The van der Waals surface area contributed by atoms with Crippen LogP contribution >= 0.6 is 0 Å². The Morgan fingerprint density at radius 1 is 0.727 bits per heavy atom. The second-order valence-electron chi connectivity index (χ2n) is 8.20. The molecule has 3 rings (SSSR count). The van der Waals surface area contributed by atoms with Gasteiger partial charge in [-0.3, -0.25) is 4.55 Å². The van der Waals surface area contributed by atoms with Crippen molar-refractivity contribution in [3.8, 4) is 11.5 Å². The molecule has 0 amide bonds. The zero-order valence-corrected chi connectivity index (χ0v) is 22.9. The Morgan fingerprint density at radius 3 is 1.70 bits per heavy atom. The summed E-state index contributed by atoms with van der Waals surface area (Å²) in [6, 6.07) is 12.5. The molecule has 0 spiro atoms. The van der Waals surface area contributed by atoms with E-state index < -0.39 is 10.1 Å². The van der Waals surface area contributed by atoms with Gasteiger partial charge in [0.2, 0.25) is 0 Å². The molecular formula is C26H35NaO5S. The number of hydrogen-bond acceptors (Lipinski definition) is 4. The Hall–Kier alpha value is -1.31. The number of ether oxygens (including phenoxy) is 2. The zero-order chi connectivity index (χ0) is 23.0. The van der Waals surface area contributed by atoms with E-state index in [0.29, 0.717) is 24.3 Å². The fourth-order valence-electron chi connectivity index (χ4n) is 3.96. The van der Waals surface area contributed by atoms with Gasteiger partial charge < -0.3 is 10.9 Å². The van der Waals surface area contributed by atoms with E-state index in [1.807, 2.05) is 24.3 Å². The summed E-state index contributed by atoms with van der Waals surface area (Å²) in [5, 5.41) is 3.25. The third kappa shape index (κ3) is 7.33. The first kappa shape index (κ1) is 27.9. The minimum atomic E-state index is -4.33. The van der Waals surface area contributed by atoms with Crippen LogP contribution in [0.25, 0.3) is 21.5 Å². The first-order chi connectivity index (χ1) is 15.5. The van der Waals surface area contributed by atoms with Gasteiger partial charge in [0, 0.05) is 21.5 Å². The number of rotatable bonds is 13. The average molecular weight is 483 g/mol. The van der Waals surface area contributed by atoms with Gasteiger partial charge in [-0.15, -0.1) is 0 Å². The molecule has 3 aromatic rings. The van der Waals surface area contributed by atoms with E-state index >= 15 is 0 Å². The second-order valence-corrected chi connectivity index (χ2v) is 9.63. The van der Waals surface area contributed by atoms with E-state index in [2.05, 4.69) is 13.8 Å². The van der Waals surface area contributed by atoms with E-state index in [9.17, 15) is 13.0 Å². The van der Waals surface area contributed by atoms with Crippen LogP contribution in [0.4, 0.5) is 0 Å².